The van der Waals surface area contributed by atoms with Crippen LogP contribution >= 0.6 is 11.8 Å². The lowest BCUT2D eigenvalue weighted by molar-refractivity contribution is -0.113. The number of aliphatic hydroxyl groups is 1. The number of carbonyl (C=O) groups is 1. The second-order valence-electron chi connectivity index (χ2n) is 5.70. The molecule has 0 radical (unpaired) electrons. The van der Waals surface area contributed by atoms with Gasteiger partial charge < -0.3 is 10.4 Å². The second kappa shape index (κ2) is 7.79. The van der Waals surface area contributed by atoms with E-state index in [1.807, 2.05) is 0 Å². The zero-order chi connectivity index (χ0) is 17.8. The van der Waals surface area contributed by atoms with Gasteiger partial charge in [0.25, 0.3) is 0 Å². The SMILES string of the molecule is O=C(CSc1nc(=O)n(CCO)c2c1CCC2)Nc1ccc(F)cc1. The number of nitrogens with zero attached hydrogens (tertiary/aromatic N) is 2. The maximum Gasteiger partial charge on any atom is 0.348 e. The van der Waals surface area contributed by atoms with Crippen LogP contribution in [-0.2, 0) is 24.2 Å². The van der Waals surface area contributed by atoms with Crippen molar-refractivity contribution in [3.8, 4) is 0 Å². The van der Waals surface area contributed by atoms with E-state index in [1.54, 1.807) is 0 Å². The van der Waals surface area contributed by atoms with Gasteiger partial charge in [-0.3, -0.25) is 9.36 Å². The van der Waals surface area contributed by atoms with Crippen LogP contribution in [0.25, 0.3) is 0 Å². The van der Waals surface area contributed by atoms with Gasteiger partial charge in [0.15, 0.2) is 0 Å². The number of aliphatic hydroxyl groups excluding tert-OH is 1. The Morgan fingerprint density at radius 3 is 2.80 bits per heavy atom. The predicted molar refractivity (Wildman–Crippen MR) is 93.4 cm³/mol. The maximum absolute atomic E-state index is 12.9. The molecule has 0 spiro atoms. The van der Waals surface area contributed by atoms with Crippen LogP contribution in [0.1, 0.15) is 17.7 Å². The van der Waals surface area contributed by atoms with Crippen LogP contribution in [0.2, 0.25) is 0 Å². The van der Waals surface area contributed by atoms with Crippen LogP contribution in [0.5, 0.6) is 0 Å². The molecule has 2 N–H and O–H groups in total. The van der Waals surface area contributed by atoms with E-state index in [0.29, 0.717) is 10.7 Å². The van der Waals surface area contributed by atoms with E-state index >= 15 is 0 Å². The number of thioether (sulfide) groups is 1. The van der Waals surface area contributed by atoms with E-state index in [4.69, 9.17) is 5.11 Å². The molecule has 8 heteroatoms. The van der Waals surface area contributed by atoms with E-state index < -0.39 is 5.69 Å². The zero-order valence-corrected chi connectivity index (χ0v) is 14.3. The van der Waals surface area contributed by atoms with Crippen LogP contribution in [-0.4, -0.2) is 32.9 Å². The minimum atomic E-state index is -0.392. The summed E-state index contributed by atoms with van der Waals surface area (Å²) in [5.41, 5.74) is 2.03. The summed E-state index contributed by atoms with van der Waals surface area (Å²) in [6.45, 7) is 0.130. The molecule has 2 aromatic rings. The first-order valence-electron chi connectivity index (χ1n) is 8.00. The zero-order valence-electron chi connectivity index (χ0n) is 13.5. The van der Waals surface area contributed by atoms with Crippen LogP contribution in [0, 0.1) is 5.82 Å². The molecular formula is C17H18FN3O3S. The van der Waals surface area contributed by atoms with Crippen LogP contribution in [0.15, 0.2) is 34.1 Å². The van der Waals surface area contributed by atoms with E-state index in [0.717, 1.165) is 30.5 Å². The fourth-order valence-corrected chi connectivity index (χ4v) is 3.78. The quantitative estimate of drug-likeness (QED) is 0.602. The molecule has 1 aliphatic carbocycles. The van der Waals surface area contributed by atoms with Crippen molar-refractivity contribution < 1.29 is 14.3 Å². The summed E-state index contributed by atoms with van der Waals surface area (Å²) in [4.78, 5) is 28.3. The molecule has 0 saturated carbocycles. The van der Waals surface area contributed by atoms with Gasteiger partial charge in [-0.15, -0.1) is 0 Å². The predicted octanol–water partition coefficient (Wildman–Crippen LogP) is 1.59. The summed E-state index contributed by atoms with van der Waals surface area (Å²) < 4.78 is 14.4. The molecule has 1 aliphatic rings. The van der Waals surface area contributed by atoms with Gasteiger partial charge >= 0.3 is 5.69 Å². The van der Waals surface area contributed by atoms with E-state index in [-0.39, 0.29) is 30.6 Å². The smallest absolute Gasteiger partial charge is 0.348 e. The number of anilines is 1. The van der Waals surface area contributed by atoms with Gasteiger partial charge in [0.2, 0.25) is 5.91 Å². The first-order valence-corrected chi connectivity index (χ1v) is 8.98. The topological polar surface area (TPSA) is 84.2 Å². The summed E-state index contributed by atoms with van der Waals surface area (Å²) in [5.74, 6) is -0.499. The number of hydrogen-bond donors (Lipinski definition) is 2. The van der Waals surface area contributed by atoms with Crippen molar-refractivity contribution in [1.82, 2.24) is 9.55 Å². The number of hydrogen-bond acceptors (Lipinski definition) is 5. The number of benzene rings is 1. The Balaban J connectivity index is 1.70. The normalized spacial score (nSPS) is 12.9. The standard InChI is InChI=1S/C17H18FN3O3S/c18-11-4-6-12(7-5-11)19-15(23)10-25-16-13-2-1-3-14(13)21(8-9-22)17(24)20-16/h4-7,22H,1-3,8-10H2,(H,19,23). The molecule has 0 aliphatic heterocycles. The Kier molecular flexibility index (Phi) is 5.50. The van der Waals surface area contributed by atoms with Gasteiger partial charge in [0, 0.05) is 16.9 Å². The summed E-state index contributed by atoms with van der Waals surface area (Å²) in [6, 6.07) is 5.53. The van der Waals surface area contributed by atoms with Crippen molar-refractivity contribution >= 4 is 23.4 Å². The third kappa shape index (κ3) is 4.08. The number of rotatable bonds is 6. The van der Waals surface area contributed by atoms with Gasteiger partial charge in [-0.25, -0.2) is 9.18 Å². The van der Waals surface area contributed by atoms with Gasteiger partial charge in [-0.1, -0.05) is 11.8 Å². The summed E-state index contributed by atoms with van der Waals surface area (Å²) in [7, 11) is 0. The van der Waals surface area contributed by atoms with Crippen molar-refractivity contribution in [1.29, 1.82) is 0 Å². The first kappa shape index (κ1) is 17.6. The number of aromatic nitrogens is 2. The van der Waals surface area contributed by atoms with E-state index in [1.165, 1.54) is 40.6 Å². The highest BCUT2D eigenvalue weighted by atomic mass is 32.2. The summed E-state index contributed by atoms with van der Waals surface area (Å²) in [6.07, 6.45) is 2.53. The molecule has 0 fully saturated rings. The molecular weight excluding hydrogens is 345 g/mol. The molecule has 6 nitrogen and oxygen atoms in total. The molecule has 1 amide bonds. The van der Waals surface area contributed by atoms with Gasteiger partial charge in [0.05, 0.1) is 18.9 Å². The molecule has 1 aromatic heterocycles. The average Bonchev–Trinajstić information content (AvgIpc) is 3.08. The number of nitrogens with one attached hydrogen (secondary N) is 1. The van der Waals surface area contributed by atoms with Crippen LogP contribution < -0.4 is 11.0 Å². The highest BCUT2D eigenvalue weighted by Crippen LogP contribution is 2.29. The number of amides is 1. The lowest BCUT2D eigenvalue weighted by Crippen LogP contribution is -2.28. The molecule has 3 rings (SSSR count). The number of halogens is 1. The highest BCUT2D eigenvalue weighted by Gasteiger charge is 2.22. The van der Waals surface area contributed by atoms with Crippen molar-refractivity contribution in [3.05, 3.63) is 51.8 Å². The Morgan fingerprint density at radius 1 is 1.32 bits per heavy atom. The first-order chi connectivity index (χ1) is 12.1. The monoisotopic (exact) mass is 363 g/mol. The molecule has 132 valence electrons. The number of carbonyl (C=O) groups excluding carboxylic acids is 1. The van der Waals surface area contributed by atoms with Gasteiger partial charge in [-0.2, -0.15) is 4.98 Å². The third-order valence-electron chi connectivity index (χ3n) is 3.99. The van der Waals surface area contributed by atoms with Gasteiger partial charge in [0.1, 0.15) is 10.8 Å². The Hall–Kier alpha value is -2.19. The lowest BCUT2D eigenvalue weighted by Gasteiger charge is -2.13. The lowest BCUT2D eigenvalue weighted by atomic mass is 10.2. The minimum Gasteiger partial charge on any atom is -0.395 e. The second-order valence-corrected chi connectivity index (χ2v) is 6.66. The van der Waals surface area contributed by atoms with Gasteiger partial charge in [-0.05, 0) is 43.5 Å². The van der Waals surface area contributed by atoms with Crippen molar-refractivity contribution in [2.45, 2.75) is 30.8 Å². The van der Waals surface area contributed by atoms with Crippen LogP contribution in [0.3, 0.4) is 0 Å². The maximum atomic E-state index is 12.9. The largest absolute Gasteiger partial charge is 0.395 e. The molecule has 1 heterocycles. The average molecular weight is 363 g/mol. The Morgan fingerprint density at radius 2 is 2.08 bits per heavy atom. The molecule has 0 atom stereocenters. The van der Waals surface area contributed by atoms with E-state index in [9.17, 15) is 14.0 Å². The molecule has 0 unspecified atom stereocenters. The molecule has 25 heavy (non-hydrogen) atoms. The Bertz CT molecular complexity index is 836. The fraction of sp³-hybridized carbons (Fsp3) is 0.353. The molecule has 0 saturated heterocycles. The highest BCUT2D eigenvalue weighted by molar-refractivity contribution is 8.00. The minimum absolute atomic E-state index is 0.111. The molecule has 1 aromatic carbocycles. The summed E-state index contributed by atoms with van der Waals surface area (Å²) in [5, 5.41) is 12.4. The van der Waals surface area contributed by atoms with Crippen molar-refractivity contribution in [2.24, 2.45) is 0 Å². The Labute approximate surface area is 148 Å². The third-order valence-corrected chi connectivity index (χ3v) is 5.01. The number of fused-ring (bicyclic) bond motifs is 1. The summed E-state index contributed by atoms with van der Waals surface area (Å²) >= 11 is 1.22. The van der Waals surface area contributed by atoms with Crippen molar-refractivity contribution in [2.75, 3.05) is 17.7 Å². The van der Waals surface area contributed by atoms with E-state index in [2.05, 4.69) is 10.3 Å². The fourth-order valence-electron chi connectivity index (χ4n) is 2.90. The van der Waals surface area contributed by atoms with Crippen LogP contribution in [0.4, 0.5) is 10.1 Å². The van der Waals surface area contributed by atoms with Crippen molar-refractivity contribution in [3.63, 3.8) is 0 Å². The molecule has 0 bridgehead atoms.